The monoisotopic (exact) mass is 1850 g/mol. The molecule has 0 fully saturated rings. The summed E-state index contributed by atoms with van der Waals surface area (Å²) < 4.78 is 93.6. The SMILES string of the molecule is CCCOCCOCCN.CCCOCCOCCN.CCCOCCOCCNC(=O)c1ccc(I)cc1.CCCOCCOCCNS(=O)(=O)c1ccc(I)cc1.CCN(CC)CC.CCN(CC)CC.O=C(Cl)c1ccc(I)cc1.O=S(=O)(Cl)c1ccc(I)cc1. The first-order valence-corrected chi connectivity index (χ1v) is 40.4. The molecule has 0 saturated carbocycles. The van der Waals surface area contributed by atoms with Crippen LogP contribution in [0.25, 0.3) is 0 Å². The van der Waals surface area contributed by atoms with Crippen molar-refractivity contribution in [3.05, 3.63) is 122 Å². The fraction of sp³-hybridized carbons (Fsp3) is 0.606. The largest absolute Gasteiger partial charge is 0.379 e. The molecule has 4 rings (SSSR count). The normalized spacial score (nSPS) is 10.6. The molecule has 0 aliphatic carbocycles. The number of carbonyl (C=O) groups is 2. The summed E-state index contributed by atoms with van der Waals surface area (Å²) in [4.78, 5) is 27.4. The van der Waals surface area contributed by atoms with Crippen LogP contribution in [0.15, 0.2) is 107 Å². The van der Waals surface area contributed by atoms with Crippen molar-refractivity contribution in [3.8, 4) is 0 Å². The number of nitrogens with zero attached hydrogens (tertiary/aromatic N) is 2. The van der Waals surface area contributed by atoms with Gasteiger partial charge in [-0.3, -0.25) is 9.59 Å². The Labute approximate surface area is 630 Å². The van der Waals surface area contributed by atoms with Crippen LogP contribution in [0, 0.1) is 14.3 Å². The molecule has 6 N–H and O–H groups in total. The third-order valence-corrected chi connectivity index (χ3v) is 17.5. The fourth-order valence-electron chi connectivity index (χ4n) is 6.44. The lowest BCUT2D eigenvalue weighted by Crippen LogP contribution is -2.27. The first-order chi connectivity index (χ1) is 45.0. The highest BCUT2D eigenvalue weighted by molar-refractivity contribution is 14.1. The lowest BCUT2D eigenvalue weighted by molar-refractivity contribution is 0.0485. The van der Waals surface area contributed by atoms with E-state index in [0.29, 0.717) is 110 Å². The number of hydrogen-bond acceptors (Lipinski definition) is 18. The van der Waals surface area contributed by atoms with Crippen LogP contribution in [-0.2, 0) is 57.0 Å². The van der Waals surface area contributed by atoms with Gasteiger partial charge in [-0.2, -0.15) is 0 Å². The van der Waals surface area contributed by atoms with Gasteiger partial charge < -0.3 is 64.5 Å². The van der Waals surface area contributed by atoms with E-state index in [0.717, 1.165) is 66.4 Å². The molecule has 0 heterocycles. The van der Waals surface area contributed by atoms with Gasteiger partial charge in [0.25, 0.3) is 20.2 Å². The van der Waals surface area contributed by atoms with Crippen LogP contribution in [0.1, 0.15) is 116 Å². The second kappa shape index (κ2) is 71.7. The van der Waals surface area contributed by atoms with Crippen molar-refractivity contribution in [3.63, 3.8) is 0 Å². The third kappa shape index (κ3) is 65.5. The summed E-state index contributed by atoms with van der Waals surface area (Å²) in [5.41, 5.74) is 11.6. The standard InChI is InChI=1S/C14H20INO3.C13H20INO4S.C7H4ClIO.2C7H17NO2.C6H4ClIO2S.2C6H15N/c1-2-8-18-10-11-19-9-7-16-14(17)12-3-5-13(15)6-4-12;1-2-8-18-10-11-19-9-7-15-20(16,17)13-5-3-12(14)4-6-13;8-7(10)5-1-3-6(9)4-2-5;2*1-2-4-9-6-7-10-5-3-8;7-11(9,10)6-3-1-5(8)2-4-6;2*1-4-7(5-2)6-3/h3-6H,2,7-11H2,1H3,(H,16,17);3-6,15H,2,7-11H2,1H3;1-4H;2*2-8H2,1H3;1-4H;2*4-6H2,1-3H3. The van der Waals surface area contributed by atoms with Crippen LogP contribution in [-0.4, -0.2) is 209 Å². The van der Waals surface area contributed by atoms with Crippen molar-refractivity contribution < 1.29 is 64.3 Å². The average molecular weight is 1860 g/mol. The molecule has 1 amide bonds. The van der Waals surface area contributed by atoms with Crippen molar-refractivity contribution in [2.24, 2.45) is 11.5 Å². The van der Waals surface area contributed by atoms with Crippen molar-refractivity contribution in [1.29, 1.82) is 0 Å². The summed E-state index contributed by atoms with van der Waals surface area (Å²) in [6.07, 6.45) is 4.13. The van der Waals surface area contributed by atoms with Crippen LogP contribution in [0.5, 0.6) is 0 Å². The molecule has 0 saturated heterocycles. The van der Waals surface area contributed by atoms with E-state index in [9.17, 15) is 26.4 Å². The molecule has 0 aromatic heterocycles. The number of ether oxygens (including phenoxy) is 8. The van der Waals surface area contributed by atoms with Crippen LogP contribution in [0.3, 0.4) is 0 Å². The number of carbonyl (C=O) groups excluding carboxylic acids is 2. The summed E-state index contributed by atoms with van der Waals surface area (Å²) in [6, 6.07) is 27.6. The highest BCUT2D eigenvalue weighted by Gasteiger charge is 2.13. The molecule has 544 valence electrons. The van der Waals surface area contributed by atoms with Crippen LogP contribution in [0.4, 0.5) is 0 Å². The van der Waals surface area contributed by atoms with Gasteiger partial charge in [-0.1, -0.05) is 69.2 Å². The smallest absolute Gasteiger partial charge is 0.261 e. The Morgan fingerprint density at radius 1 is 0.394 bits per heavy atom. The Hall–Kier alpha value is -1.10. The number of nitrogens with two attached hydrogens (primary N) is 2. The summed E-state index contributed by atoms with van der Waals surface area (Å²) in [5, 5.41) is 2.41. The Bertz CT molecular complexity index is 2490. The molecule has 20 nitrogen and oxygen atoms in total. The molecule has 0 bridgehead atoms. The number of hydrogen-bond donors (Lipinski definition) is 4. The zero-order valence-electron chi connectivity index (χ0n) is 57.3. The Balaban J connectivity index is -0.000000507. The van der Waals surface area contributed by atoms with Gasteiger partial charge in [-0.15, -0.1) is 0 Å². The maximum atomic E-state index is 11.9. The van der Waals surface area contributed by atoms with Crippen molar-refractivity contribution in [2.75, 3.05) is 171 Å². The van der Waals surface area contributed by atoms with E-state index >= 15 is 0 Å². The topological polar surface area (TPSA) is 259 Å². The highest BCUT2D eigenvalue weighted by Crippen LogP contribution is 2.16. The van der Waals surface area contributed by atoms with Crippen molar-refractivity contribution in [1.82, 2.24) is 19.8 Å². The molecule has 0 unspecified atom stereocenters. The maximum Gasteiger partial charge on any atom is 0.261 e. The maximum absolute atomic E-state index is 11.9. The van der Waals surface area contributed by atoms with Gasteiger partial charge in [-0.05, 0) is 264 Å². The Morgan fingerprint density at radius 2 is 0.660 bits per heavy atom. The molecule has 94 heavy (non-hydrogen) atoms. The number of amides is 1. The molecule has 0 radical (unpaired) electrons. The first kappa shape index (κ1) is 99.3. The van der Waals surface area contributed by atoms with Gasteiger partial charge in [0.1, 0.15) is 0 Å². The lowest BCUT2D eigenvalue weighted by atomic mass is 10.2. The van der Waals surface area contributed by atoms with E-state index in [1.54, 1.807) is 48.5 Å². The van der Waals surface area contributed by atoms with Crippen LogP contribution >= 0.6 is 113 Å². The van der Waals surface area contributed by atoms with E-state index in [4.69, 9.17) is 71.6 Å². The van der Waals surface area contributed by atoms with E-state index in [-0.39, 0.29) is 22.2 Å². The predicted molar refractivity (Wildman–Crippen MR) is 420 cm³/mol. The summed E-state index contributed by atoms with van der Waals surface area (Å²) in [5.74, 6) is -0.0674. The molecule has 4 aromatic rings. The summed E-state index contributed by atoms with van der Waals surface area (Å²) in [6.45, 7) is 40.6. The minimum atomic E-state index is -3.55. The highest BCUT2D eigenvalue weighted by atomic mass is 127. The minimum Gasteiger partial charge on any atom is -0.379 e. The number of sulfonamides is 1. The Morgan fingerprint density at radius 3 is 0.926 bits per heavy atom. The van der Waals surface area contributed by atoms with E-state index in [1.807, 2.05) is 43.3 Å². The van der Waals surface area contributed by atoms with Crippen molar-refractivity contribution >= 4 is 143 Å². The molecule has 0 aliphatic heterocycles. The average Bonchev–Trinajstić information content (AvgIpc) is 1.02. The fourth-order valence-corrected chi connectivity index (χ4v) is 9.78. The molecular formula is C66H112Cl2I4N6O14S2. The van der Waals surface area contributed by atoms with E-state index in [1.165, 1.54) is 51.4 Å². The number of rotatable bonds is 41. The number of nitrogens with one attached hydrogen (secondary N) is 2. The van der Waals surface area contributed by atoms with Gasteiger partial charge in [-0.25, -0.2) is 21.6 Å². The number of halogens is 6. The molecule has 28 heteroatoms. The van der Waals surface area contributed by atoms with E-state index in [2.05, 4.69) is 173 Å². The summed E-state index contributed by atoms with van der Waals surface area (Å²) >= 11 is 13.8. The zero-order valence-corrected chi connectivity index (χ0v) is 69.1. The molecular weight excluding hydrogens is 1740 g/mol. The van der Waals surface area contributed by atoms with E-state index < -0.39 is 24.3 Å². The minimum absolute atomic E-state index is 0.0674. The van der Waals surface area contributed by atoms with Gasteiger partial charge in [0.2, 0.25) is 10.0 Å². The number of benzene rings is 4. The zero-order chi connectivity index (χ0) is 71.5. The second-order valence-electron chi connectivity index (χ2n) is 19.0. The van der Waals surface area contributed by atoms with Gasteiger partial charge in [0, 0.05) is 88.7 Å². The van der Waals surface area contributed by atoms with Crippen molar-refractivity contribution in [2.45, 2.75) is 105 Å². The van der Waals surface area contributed by atoms with Crippen LogP contribution < -0.4 is 21.5 Å². The Kier molecular flexibility index (Phi) is 75.7. The molecule has 4 aromatic carbocycles. The molecule has 0 atom stereocenters. The molecule has 0 aliphatic rings. The summed E-state index contributed by atoms with van der Waals surface area (Å²) in [7, 11) is -1.91. The van der Waals surface area contributed by atoms with Gasteiger partial charge in [0.05, 0.1) is 89.1 Å². The van der Waals surface area contributed by atoms with Gasteiger partial charge in [0.15, 0.2) is 0 Å². The lowest BCUT2D eigenvalue weighted by Gasteiger charge is -2.13. The quantitative estimate of drug-likeness (QED) is 0.0183. The van der Waals surface area contributed by atoms with Crippen LogP contribution in [0.2, 0.25) is 0 Å². The third-order valence-electron chi connectivity index (χ3n) is 11.6. The van der Waals surface area contributed by atoms with Gasteiger partial charge >= 0.3 is 0 Å². The first-order valence-electron chi connectivity index (χ1n) is 31.9. The predicted octanol–water partition coefficient (Wildman–Crippen LogP) is 12.8. The second-order valence-corrected chi connectivity index (χ2v) is 28.7. The molecule has 0 spiro atoms.